The summed E-state index contributed by atoms with van der Waals surface area (Å²) in [6, 6.07) is 6.33. The largest absolute Gasteiger partial charge is 0.493 e. The van der Waals surface area contributed by atoms with E-state index in [1.807, 2.05) is 13.0 Å². The number of allylic oxidation sites excluding steroid dienone is 1. The zero-order valence-electron chi connectivity index (χ0n) is 12.9. The molecule has 0 unspecified atom stereocenters. The fourth-order valence-corrected chi connectivity index (χ4v) is 2.78. The summed E-state index contributed by atoms with van der Waals surface area (Å²) < 4.78 is 10.2. The molecule has 0 spiro atoms. The highest BCUT2D eigenvalue weighted by Gasteiger charge is 2.18. The first kappa shape index (κ1) is 16.7. The van der Waals surface area contributed by atoms with Gasteiger partial charge in [0.2, 0.25) is 0 Å². The van der Waals surface area contributed by atoms with Crippen LogP contribution in [0.1, 0.15) is 20.1 Å². The Bertz CT molecular complexity index is 779. The van der Waals surface area contributed by atoms with Crippen LogP contribution in [0.3, 0.4) is 0 Å². The Morgan fingerprint density at radius 1 is 1.22 bits per heavy atom. The minimum absolute atomic E-state index is 0.158. The molecule has 0 aliphatic carbocycles. The van der Waals surface area contributed by atoms with Gasteiger partial charge in [-0.05, 0) is 37.3 Å². The van der Waals surface area contributed by atoms with Gasteiger partial charge in [-0.15, -0.1) is 11.3 Å². The standard InChI is InChI=1S/C16H15NO5S/c1-10-4-7-16(23-10)13(18)6-5-11-8-14(21-2)15(22-3)9-12(11)17(19)20/h4-9H,1-3H3/b6-5+. The second kappa shape index (κ2) is 7.06. The van der Waals surface area contributed by atoms with Crippen LogP contribution in [0.4, 0.5) is 5.69 Å². The highest BCUT2D eigenvalue weighted by molar-refractivity contribution is 7.14. The maximum Gasteiger partial charge on any atom is 0.280 e. The first-order valence-corrected chi connectivity index (χ1v) is 7.47. The molecule has 0 saturated carbocycles. The molecule has 0 radical (unpaired) electrons. The molecule has 2 rings (SSSR count). The monoisotopic (exact) mass is 333 g/mol. The van der Waals surface area contributed by atoms with E-state index in [0.29, 0.717) is 10.6 Å². The van der Waals surface area contributed by atoms with Crippen LogP contribution in [0.25, 0.3) is 6.08 Å². The number of carbonyl (C=O) groups is 1. The van der Waals surface area contributed by atoms with E-state index in [4.69, 9.17) is 9.47 Å². The van der Waals surface area contributed by atoms with Gasteiger partial charge in [-0.3, -0.25) is 14.9 Å². The fraction of sp³-hybridized carbons (Fsp3) is 0.188. The van der Waals surface area contributed by atoms with Crippen molar-refractivity contribution >= 4 is 28.9 Å². The number of ether oxygens (including phenoxy) is 2. The third-order valence-corrected chi connectivity index (χ3v) is 4.14. The van der Waals surface area contributed by atoms with Crippen molar-refractivity contribution < 1.29 is 19.2 Å². The minimum Gasteiger partial charge on any atom is -0.493 e. The van der Waals surface area contributed by atoms with E-state index in [0.717, 1.165) is 4.88 Å². The Morgan fingerprint density at radius 2 is 1.87 bits per heavy atom. The van der Waals surface area contributed by atoms with Gasteiger partial charge in [0.25, 0.3) is 5.69 Å². The summed E-state index contributed by atoms with van der Waals surface area (Å²) in [6.45, 7) is 1.91. The predicted molar refractivity (Wildman–Crippen MR) is 88.6 cm³/mol. The molecule has 6 nitrogen and oxygen atoms in total. The second-order valence-corrected chi connectivity index (χ2v) is 5.92. The van der Waals surface area contributed by atoms with E-state index in [1.165, 1.54) is 49.8 Å². The zero-order valence-corrected chi connectivity index (χ0v) is 13.7. The molecule has 0 aliphatic rings. The molecule has 120 valence electrons. The topological polar surface area (TPSA) is 78.7 Å². The quantitative estimate of drug-likeness (QED) is 0.347. The molecule has 0 saturated heterocycles. The summed E-state index contributed by atoms with van der Waals surface area (Å²) in [7, 11) is 2.84. The van der Waals surface area contributed by atoms with Crippen LogP contribution in [-0.4, -0.2) is 24.9 Å². The molecule has 0 amide bonds. The molecule has 2 aromatic rings. The number of hydrogen-bond acceptors (Lipinski definition) is 6. The Morgan fingerprint density at radius 3 is 2.39 bits per heavy atom. The lowest BCUT2D eigenvalue weighted by molar-refractivity contribution is -0.385. The van der Waals surface area contributed by atoms with Crippen molar-refractivity contribution in [3.8, 4) is 11.5 Å². The first-order chi connectivity index (χ1) is 11.0. The first-order valence-electron chi connectivity index (χ1n) is 6.65. The normalized spacial score (nSPS) is 10.7. The molecule has 1 aromatic carbocycles. The molecule has 23 heavy (non-hydrogen) atoms. The summed E-state index contributed by atoms with van der Waals surface area (Å²) in [5, 5.41) is 11.2. The number of rotatable bonds is 6. The molecular weight excluding hydrogens is 318 g/mol. The van der Waals surface area contributed by atoms with Gasteiger partial charge in [0.1, 0.15) is 0 Å². The molecule has 7 heteroatoms. The highest BCUT2D eigenvalue weighted by atomic mass is 32.1. The van der Waals surface area contributed by atoms with Crippen LogP contribution in [0.2, 0.25) is 0 Å². The number of hydrogen-bond donors (Lipinski definition) is 0. The average Bonchev–Trinajstić information content (AvgIpc) is 2.98. The van der Waals surface area contributed by atoms with Crippen LogP contribution in [0, 0.1) is 17.0 Å². The van der Waals surface area contributed by atoms with Crippen LogP contribution in [0.5, 0.6) is 11.5 Å². The van der Waals surface area contributed by atoms with E-state index in [2.05, 4.69) is 0 Å². The number of thiophene rings is 1. The Kier molecular flexibility index (Phi) is 5.13. The lowest BCUT2D eigenvalue weighted by Crippen LogP contribution is -1.97. The molecule has 0 fully saturated rings. The number of nitrogens with zero attached hydrogens (tertiary/aromatic N) is 1. The maximum atomic E-state index is 12.1. The van der Waals surface area contributed by atoms with Gasteiger partial charge >= 0.3 is 0 Å². The van der Waals surface area contributed by atoms with Crippen molar-refractivity contribution in [1.82, 2.24) is 0 Å². The molecular formula is C16H15NO5S. The zero-order chi connectivity index (χ0) is 17.0. The molecule has 0 bridgehead atoms. The van der Waals surface area contributed by atoms with E-state index in [9.17, 15) is 14.9 Å². The number of ketones is 1. The number of nitro benzene ring substituents is 1. The van der Waals surface area contributed by atoms with Crippen LogP contribution in [0.15, 0.2) is 30.3 Å². The predicted octanol–water partition coefficient (Wildman–Crippen LogP) is 3.88. The lowest BCUT2D eigenvalue weighted by atomic mass is 10.1. The van der Waals surface area contributed by atoms with E-state index in [-0.39, 0.29) is 22.8 Å². The summed E-state index contributed by atoms with van der Waals surface area (Å²) in [6.07, 6.45) is 2.73. The third kappa shape index (κ3) is 3.75. The number of aryl methyl sites for hydroxylation is 1. The molecule has 0 N–H and O–H groups in total. The average molecular weight is 333 g/mol. The third-order valence-electron chi connectivity index (χ3n) is 3.13. The van der Waals surface area contributed by atoms with Gasteiger partial charge in [-0.1, -0.05) is 0 Å². The summed E-state index contributed by atoms with van der Waals surface area (Å²) in [5.74, 6) is 0.418. The molecule has 0 aliphatic heterocycles. The maximum absolute atomic E-state index is 12.1. The second-order valence-electron chi connectivity index (χ2n) is 4.63. The van der Waals surface area contributed by atoms with Crippen molar-refractivity contribution in [2.24, 2.45) is 0 Å². The Balaban J connectivity index is 2.39. The van der Waals surface area contributed by atoms with Crippen molar-refractivity contribution in [3.63, 3.8) is 0 Å². The number of nitro groups is 1. The summed E-state index contributed by atoms with van der Waals surface area (Å²) >= 11 is 1.38. The SMILES string of the molecule is COc1cc(/C=C/C(=O)c2ccc(C)s2)c([N+](=O)[O-])cc1OC. The summed E-state index contributed by atoms with van der Waals surface area (Å²) in [5.41, 5.74) is 0.114. The van der Waals surface area contributed by atoms with E-state index < -0.39 is 4.92 Å². The lowest BCUT2D eigenvalue weighted by Gasteiger charge is -2.08. The Labute approximate surface area is 137 Å². The number of carbonyl (C=O) groups excluding carboxylic acids is 1. The van der Waals surface area contributed by atoms with Gasteiger partial charge in [-0.2, -0.15) is 0 Å². The highest BCUT2D eigenvalue weighted by Crippen LogP contribution is 2.35. The smallest absolute Gasteiger partial charge is 0.280 e. The van der Waals surface area contributed by atoms with Crippen molar-refractivity contribution in [1.29, 1.82) is 0 Å². The van der Waals surface area contributed by atoms with Crippen molar-refractivity contribution in [2.75, 3.05) is 14.2 Å². The molecule has 0 atom stereocenters. The fourth-order valence-electron chi connectivity index (χ4n) is 1.99. The summed E-state index contributed by atoms with van der Waals surface area (Å²) in [4.78, 5) is 24.4. The van der Waals surface area contributed by atoms with Crippen molar-refractivity contribution in [2.45, 2.75) is 6.92 Å². The van der Waals surface area contributed by atoms with Gasteiger partial charge in [0, 0.05) is 4.88 Å². The van der Waals surface area contributed by atoms with Gasteiger partial charge in [0.05, 0.1) is 35.6 Å². The van der Waals surface area contributed by atoms with Crippen LogP contribution >= 0.6 is 11.3 Å². The van der Waals surface area contributed by atoms with Gasteiger partial charge in [-0.25, -0.2) is 0 Å². The Hall–Kier alpha value is -2.67. The van der Waals surface area contributed by atoms with E-state index >= 15 is 0 Å². The minimum atomic E-state index is -0.526. The molecule has 1 aromatic heterocycles. The number of methoxy groups -OCH3 is 2. The van der Waals surface area contributed by atoms with Gasteiger partial charge in [0.15, 0.2) is 17.3 Å². The van der Waals surface area contributed by atoms with Gasteiger partial charge < -0.3 is 9.47 Å². The number of benzene rings is 1. The molecule has 1 heterocycles. The van der Waals surface area contributed by atoms with Crippen molar-refractivity contribution in [3.05, 3.63) is 55.8 Å². The van der Waals surface area contributed by atoms with Crippen LogP contribution < -0.4 is 9.47 Å². The van der Waals surface area contributed by atoms with Crippen LogP contribution in [-0.2, 0) is 0 Å². The van der Waals surface area contributed by atoms with E-state index in [1.54, 1.807) is 6.07 Å².